The largest absolute Gasteiger partial charge is 0.508 e. The van der Waals surface area contributed by atoms with Gasteiger partial charge >= 0.3 is 0 Å². The molecule has 1 fully saturated rings. The van der Waals surface area contributed by atoms with E-state index in [-0.39, 0.29) is 11.1 Å². The predicted octanol–water partition coefficient (Wildman–Crippen LogP) is -0.940. The number of phenols is 1. The van der Waals surface area contributed by atoms with Crippen LogP contribution in [0.3, 0.4) is 0 Å². The molecule has 3 aliphatic carbocycles. The molecule has 8 N–H and O–H groups in total. The number of phenolic OH excluding ortho intramolecular Hbond substituents is 1. The summed E-state index contributed by atoms with van der Waals surface area (Å²) in [6.45, 7) is 1.32. The van der Waals surface area contributed by atoms with E-state index in [0.29, 0.717) is 0 Å². The number of aliphatic hydroxyl groups is 5. The highest BCUT2D eigenvalue weighted by molar-refractivity contribution is 6.24. The standard InChI is InChI=1S/C20H19NO9/c1-19(29)6-3-2-4-9(22)10(6)14(24)11-7(19)5-8-13(23)15(25)12(18(21)28)17(27)20(8,30)16(11)26/h2-4,7-8,13,22-24,27,29-30H,5H2,1H3,(H2,21,28)/t7-,8+,13+,19-,20+/m1/s1. The average molecular weight is 417 g/mol. The molecule has 4 rings (SSSR count). The Kier molecular flexibility index (Phi) is 3.95. The lowest BCUT2D eigenvalue weighted by molar-refractivity contribution is -0.164. The fraction of sp³-hybridized carbons (Fsp3) is 0.350. The van der Waals surface area contributed by atoms with Crippen molar-refractivity contribution in [3.63, 3.8) is 0 Å². The molecule has 5 atom stereocenters. The highest BCUT2D eigenvalue weighted by atomic mass is 16.4. The maximum atomic E-state index is 13.3. The number of rotatable bonds is 1. The van der Waals surface area contributed by atoms with Gasteiger partial charge in [-0.1, -0.05) is 12.1 Å². The normalized spacial score (nSPS) is 35.7. The van der Waals surface area contributed by atoms with Gasteiger partial charge in [0.05, 0.1) is 11.2 Å². The van der Waals surface area contributed by atoms with E-state index in [2.05, 4.69) is 0 Å². The van der Waals surface area contributed by atoms with Gasteiger partial charge < -0.3 is 36.4 Å². The number of amides is 1. The Bertz CT molecular complexity index is 1100. The smallest absolute Gasteiger partial charge is 0.255 e. The van der Waals surface area contributed by atoms with Gasteiger partial charge in [0.1, 0.15) is 28.9 Å². The average Bonchev–Trinajstić information content (AvgIpc) is 2.66. The number of hydrogen-bond acceptors (Lipinski definition) is 9. The number of aromatic hydroxyl groups is 1. The number of ketones is 2. The Morgan fingerprint density at radius 1 is 1.17 bits per heavy atom. The van der Waals surface area contributed by atoms with Crippen LogP contribution in [0.4, 0.5) is 0 Å². The van der Waals surface area contributed by atoms with Crippen LogP contribution in [0.25, 0.3) is 5.76 Å². The van der Waals surface area contributed by atoms with Gasteiger partial charge in [-0.2, -0.15) is 0 Å². The lowest BCUT2D eigenvalue weighted by Crippen LogP contribution is -2.64. The maximum Gasteiger partial charge on any atom is 0.255 e. The minimum atomic E-state index is -2.94. The van der Waals surface area contributed by atoms with Crippen LogP contribution in [0.15, 0.2) is 35.1 Å². The number of nitrogens with two attached hydrogens (primary N) is 1. The highest BCUT2D eigenvalue weighted by Gasteiger charge is 2.66. The van der Waals surface area contributed by atoms with Crippen molar-refractivity contribution in [2.75, 3.05) is 0 Å². The molecule has 1 amide bonds. The number of primary amides is 1. The number of carbonyl (C=O) groups excluding carboxylic acids is 3. The fourth-order valence-electron chi connectivity index (χ4n) is 4.91. The summed E-state index contributed by atoms with van der Waals surface area (Å²) in [7, 11) is 0. The molecule has 0 saturated heterocycles. The van der Waals surface area contributed by atoms with Crippen molar-refractivity contribution in [2.45, 2.75) is 30.7 Å². The Morgan fingerprint density at radius 2 is 1.80 bits per heavy atom. The Labute approximate surface area is 169 Å². The second-order valence-electron chi connectivity index (χ2n) is 8.00. The monoisotopic (exact) mass is 417 g/mol. The van der Waals surface area contributed by atoms with Crippen molar-refractivity contribution in [3.05, 3.63) is 46.2 Å². The van der Waals surface area contributed by atoms with Crippen LogP contribution in [0.2, 0.25) is 0 Å². The Morgan fingerprint density at radius 3 is 2.40 bits per heavy atom. The SMILES string of the molecule is C[C@@]1(O)c2cccc(O)c2C(O)=C2C(=O)[C@]3(O)C(O)=C(C(N)=O)C(=O)[C@@H](O)[C@@H]3C[C@H]21. The lowest BCUT2D eigenvalue weighted by atomic mass is 9.55. The van der Waals surface area contributed by atoms with Gasteiger partial charge in [-0.05, 0) is 25.0 Å². The summed E-state index contributed by atoms with van der Waals surface area (Å²) in [6, 6.07) is 4.08. The molecule has 0 aliphatic heterocycles. The van der Waals surface area contributed by atoms with Gasteiger partial charge in [0, 0.05) is 17.4 Å². The van der Waals surface area contributed by atoms with Crippen LogP contribution in [0.5, 0.6) is 5.75 Å². The van der Waals surface area contributed by atoms with Gasteiger partial charge in [-0.3, -0.25) is 14.4 Å². The highest BCUT2D eigenvalue weighted by Crippen LogP contribution is 2.56. The summed E-state index contributed by atoms with van der Waals surface area (Å²) in [5, 5.41) is 64.2. The van der Waals surface area contributed by atoms with Crippen LogP contribution >= 0.6 is 0 Å². The zero-order chi connectivity index (χ0) is 22.3. The van der Waals surface area contributed by atoms with Crippen molar-refractivity contribution >= 4 is 23.2 Å². The van der Waals surface area contributed by atoms with E-state index in [1.165, 1.54) is 25.1 Å². The zero-order valence-electron chi connectivity index (χ0n) is 15.7. The molecule has 0 heterocycles. The molecule has 3 aliphatic rings. The van der Waals surface area contributed by atoms with E-state index < -0.39 is 81.5 Å². The molecule has 10 heteroatoms. The number of carbonyl (C=O) groups is 3. The minimum Gasteiger partial charge on any atom is -0.508 e. The fourth-order valence-corrected chi connectivity index (χ4v) is 4.91. The molecule has 0 aromatic heterocycles. The molecular formula is C20H19NO9. The second kappa shape index (κ2) is 5.91. The summed E-state index contributed by atoms with van der Waals surface area (Å²) in [5.74, 6) is -9.32. The van der Waals surface area contributed by atoms with Crippen molar-refractivity contribution in [3.8, 4) is 5.75 Å². The minimum absolute atomic E-state index is 0.0983. The molecular weight excluding hydrogens is 398 g/mol. The lowest BCUT2D eigenvalue weighted by Gasteiger charge is -2.51. The molecule has 158 valence electrons. The van der Waals surface area contributed by atoms with Crippen LogP contribution < -0.4 is 5.73 Å². The number of aliphatic hydroxyl groups excluding tert-OH is 3. The molecule has 0 bridgehead atoms. The third-order valence-corrected chi connectivity index (χ3v) is 6.46. The van der Waals surface area contributed by atoms with Gasteiger partial charge in [0.2, 0.25) is 11.6 Å². The summed E-state index contributed by atoms with van der Waals surface area (Å²) >= 11 is 0. The van der Waals surface area contributed by atoms with Crippen molar-refractivity contribution in [2.24, 2.45) is 17.6 Å². The summed E-state index contributed by atoms with van der Waals surface area (Å²) in [6.07, 6.45) is -2.48. The molecule has 1 saturated carbocycles. The van der Waals surface area contributed by atoms with E-state index in [1.54, 1.807) is 0 Å². The number of hydrogen-bond donors (Lipinski definition) is 7. The predicted molar refractivity (Wildman–Crippen MR) is 98.6 cm³/mol. The molecule has 1 aromatic carbocycles. The Hall–Kier alpha value is -3.21. The third kappa shape index (κ3) is 2.15. The summed E-state index contributed by atoms with van der Waals surface area (Å²) in [5.41, 5.74) is -1.46. The second-order valence-corrected chi connectivity index (χ2v) is 8.00. The van der Waals surface area contributed by atoms with E-state index >= 15 is 0 Å². The summed E-state index contributed by atoms with van der Waals surface area (Å²) in [4.78, 5) is 37.3. The molecule has 1 aromatic rings. The summed E-state index contributed by atoms with van der Waals surface area (Å²) < 4.78 is 0. The molecule has 10 nitrogen and oxygen atoms in total. The van der Waals surface area contributed by atoms with E-state index in [1.807, 2.05) is 0 Å². The molecule has 0 radical (unpaired) electrons. The number of benzene rings is 1. The van der Waals surface area contributed by atoms with Gasteiger partial charge in [0.15, 0.2) is 5.60 Å². The van der Waals surface area contributed by atoms with E-state index in [4.69, 9.17) is 5.73 Å². The van der Waals surface area contributed by atoms with Crippen molar-refractivity contribution in [1.29, 1.82) is 0 Å². The third-order valence-electron chi connectivity index (χ3n) is 6.46. The number of fused-ring (bicyclic) bond motifs is 3. The first-order valence-corrected chi connectivity index (χ1v) is 9.08. The first-order valence-electron chi connectivity index (χ1n) is 9.08. The Balaban J connectivity index is 2.04. The molecule has 0 spiro atoms. The van der Waals surface area contributed by atoms with Crippen LogP contribution in [0.1, 0.15) is 24.5 Å². The first-order chi connectivity index (χ1) is 13.9. The quantitative estimate of drug-likeness (QED) is 0.282. The van der Waals surface area contributed by atoms with Crippen molar-refractivity contribution < 1.29 is 45.0 Å². The van der Waals surface area contributed by atoms with Crippen LogP contribution in [-0.4, -0.2) is 59.8 Å². The first kappa shape index (κ1) is 20.1. The molecule has 30 heavy (non-hydrogen) atoms. The van der Waals surface area contributed by atoms with Gasteiger partial charge in [0.25, 0.3) is 5.91 Å². The van der Waals surface area contributed by atoms with E-state index in [9.17, 15) is 45.0 Å². The molecule has 0 unspecified atom stereocenters. The van der Waals surface area contributed by atoms with Crippen LogP contribution in [-0.2, 0) is 20.0 Å². The van der Waals surface area contributed by atoms with Crippen molar-refractivity contribution in [1.82, 2.24) is 0 Å². The van der Waals surface area contributed by atoms with E-state index in [0.717, 1.165) is 0 Å². The van der Waals surface area contributed by atoms with Crippen LogP contribution in [0, 0.1) is 11.8 Å². The van der Waals surface area contributed by atoms with Gasteiger partial charge in [-0.25, -0.2) is 0 Å². The number of Topliss-reactive ketones (excluding diaryl/α,β-unsaturated/α-hetero) is 2. The van der Waals surface area contributed by atoms with Gasteiger partial charge in [-0.15, -0.1) is 0 Å². The topological polar surface area (TPSA) is 199 Å². The maximum absolute atomic E-state index is 13.3. The zero-order valence-corrected chi connectivity index (χ0v) is 15.7.